The molecular formula is C14H18BrN3. The molecule has 0 radical (unpaired) electrons. The third-order valence-corrected chi connectivity index (χ3v) is 4.46. The van der Waals surface area contributed by atoms with Crippen molar-refractivity contribution in [3.05, 3.63) is 34.3 Å². The molecule has 2 aliphatic heterocycles. The molecule has 2 atom stereocenters. The Morgan fingerprint density at radius 1 is 1.50 bits per heavy atom. The molecular weight excluding hydrogens is 290 g/mol. The topological polar surface area (TPSA) is 27.6 Å². The van der Waals surface area contributed by atoms with E-state index in [4.69, 9.17) is 0 Å². The number of hydrazone groups is 1. The van der Waals surface area contributed by atoms with Crippen molar-refractivity contribution in [2.45, 2.75) is 19.4 Å². The number of nitrogens with one attached hydrogen (secondary N) is 1. The van der Waals surface area contributed by atoms with Gasteiger partial charge in [0.2, 0.25) is 0 Å². The van der Waals surface area contributed by atoms with E-state index in [1.807, 2.05) is 0 Å². The molecule has 0 spiro atoms. The van der Waals surface area contributed by atoms with Crippen LogP contribution in [0.15, 0.2) is 33.8 Å². The Kier molecular flexibility index (Phi) is 3.39. The molecule has 1 saturated heterocycles. The first-order valence-corrected chi connectivity index (χ1v) is 7.37. The molecule has 1 N–H and O–H groups in total. The van der Waals surface area contributed by atoms with Crippen LogP contribution in [-0.2, 0) is 0 Å². The van der Waals surface area contributed by atoms with Gasteiger partial charge in [0.15, 0.2) is 0 Å². The summed E-state index contributed by atoms with van der Waals surface area (Å²) < 4.78 is 1.14. The van der Waals surface area contributed by atoms with Crippen molar-refractivity contribution in [1.29, 1.82) is 0 Å². The standard InChI is InChI=1S/C14H18BrN3/c1-2-18-7-6-13-12(9-18)14(17-16-13)10-4-3-5-11(15)8-10/h3-5,8,12,14,17H,2,6-7,9H2,1H3. The molecule has 2 unspecified atom stereocenters. The Labute approximate surface area is 116 Å². The van der Waals surface area contributed by atoms with Gasteiger partial charge in [-0.3, -0.25) is 0 Å². The van der Waals surface area contributed by atoms with E-state index in [2.05, 4.69) is 62.5 Å². The van der Waals surface area contributed by atoms with Gasteiger partial charge >= 0.3 is 0 Å². The van der Waals surface area contributed by atoms with Crippen LogP contribution in [-0.4, -0.2) is 30.2 Å². The molecule has 2 aliphatic rings. The summed E-state index contributed by atoms with van der Waals surface area (Å²) in [5, 5.41) is 4.54. The Hall–Kier alpha value is -0.870. The minimum atomic E-state index is 0.340. The summed E-state index contributed by atoms with van der Waals surface area (Å²) in [5.41, 5.74) is 6.00. The van der Waals surface area contributed by atoms with E-state index >= 15 is 0 Å². The van der Waals surface area contributed by atoms with Crippen molar-refractivity contribution in [2.75, 3.05) is 19.6 Å². The van der Waals surface area contributed by atoms with Crippen molar-refractivity contribution < 1.29 is 0 Å². The van der Waals surface area contributed by atoms with Crippen molar-refractivity contribution in [3.63, 3.8) is 0 Å². The average Bonchev–Trinajstić information content (AvgIpc) is 2.81. The normalized spacial score (nSPS) is 27.6. The predicted octanol–water partition coefficient (Wildman–Crippen LogP) is 2.79. The van der Waals surface area contributed by atoms with Gasteiger partial charge in [0.1, 0.15) is 0 Å². The van der Waals surface area contributed by atoms with Crippen LogP contribution in [0.3, 0.4) is 0 Å². The zero-order valence-corrected chi connectivity index (χ0v) is 12.2. The van der Waals surface area contributed by atoms with Crippen LogP contribution < -0.4 is 5.43 Å². The van der Waals surface area contributed by atoms with Gasteiger partial charge in [-0.25, -0.2) is 0 Å². The van der Waals surface area contributed by atoms with Crippen molar-refractivity contribution in [1.82, 2.24) is 10.3 Å². The fraction of sp³-hybridized carbons (Fsp3) is 0.500. The van der Waals surface area contributed by atoms with Crippen LogP contribution in [0, 0.1) is 5.92 Å². The Morgan fingerprint density at radius 2 is 2.39 bits per heavy atom. The molecule has 2 heterocycles. The van der Waals surface area contributed by atoms with Crippen molar-refractivity contribution in [3.8, 4) is 0 Å². The molecule has 0 saturated carbocycles. The van der Waals surface area contributed by atoms with Gasteiger partial charge in [0.25, 0.3) is 0 Å². The second-order valence-corrected chi connectivity index (χ2v) is 5.93. The van der Waals surface area contributed by atoms with Gasteiger partial charge in [0, 0.05) is 35.6 Å². The highest BCUT2D eigenvalue weighted by Gasteiger charge is 2.36. The van der Waals surface area contributed by atoms with Crippen LogP contribution in [0.5, 0.6) is 0 Å². The second-order valence-electron chi connectivity index (χ2n) is 5.01. The number of rotatable bonds is 2. The molecule has 96 valence electrons. The van der Waals surface area contributed by atoms with E-state index in [9.17, 15) is 0 Å². The zero-order valence-electron chi connectivity index (χ0n) is 10.6. The first-order valence-electron chi connectivity index (χ1n) is 6.57. The third kappa shape index (κ3) is 2.19. The van der Waals surface area contributed by atoms with Crippen LogP contribution in [0.2, 0.25) is 0 Å². The number of hydrogen-bond acceptors (Lipinski definition) is 3. The van der Waals surface area contributed by atoms with E-state index in [0.717, 1.165) is 30.5 Å². The van der Waals surface area contributed by atoms with Gasteiger partial charge in [0.05, 0.1) is 6.04 Å². The molecule has 1 fully saturated rings. The Morgan fingerprint density at radius 3 is 3.17 bits per heavy atom. The lowest BCUT2D eigenvalue weighted by Crippen LogP contribution is -2.41. The van der Waals surface area contributed by atoms with Gasteiger partial charge < -0.3 is 10.3 Å². The van der Waals surface area contributed by atoms with Crippen molar-refractivity contribution in [2.24, 2.45) is 11.0 Å². The monoisotopic (exact) mass is 307 g/mol. The lowest BCUT2D eigenvalue weighted by Gasteiger charge is -2.32. The first-order chi connectivity index (χ1) is 8.78. The summed E-state index contributed by atoms with van der Waals surface area (Å²) in [7, 11) is 0. The summed E-state index contributed by atoms with van der Waals surface area (Å²) in [6.45, 7) is 5.64. The maximum atomic E-state index is 4.54. The SMILES string of the molecule is CCN1CCC2=NNC(c3cccc(Br)c3)C2C1. The summed E-state index contributed by atoms with van der Waals surface area (Å²) in [6.07, 6.45) is 1.11. The lowest BCUT2D eigenvalue weighted by molar-refractivity contribution is 0.238. The molecule has 1 aromatic rings. The molecule has 3 nitrogen and oxygen atoms in total. The number of hydrogen-bond donors (Lipinski definition) is 1. The number of fused-ring (bicyclic) bond motifs is 1. The zero-order chi connectivity index (χ0) is 12.5. The number of piperidine rings is 1. The van der Waals surface area contributed by atoms with Crippen LogP contribution in [0.4, 0.5) is 0 Å². The minimum Gasteiger partial charge on any atom is -0.302 e. The summed E-state index contributed by atoms with van der Waals surface area (Å²) in [6, 6.07) is 8.89. The quantitative estimate of drug-likeness (QED) is 0.910. The van der Waals surface area contributed by atoms with Crippen LogP contribution >= 0.6 is 15.9 Å². The molecule has 0 bridgehead atoms. The lowest BCUT2D eigenvalue weighted by atomic mass is 9.86. The number of likely N-dealkylation sites (tertiary alicyclic amines) is 1. The average molecular weight is 308 g/mol. The minimum absolute atomic E-state index is 0.340. The largest absolute Gasteiger partial charge is 0.302 e. The number of nitrogens with zero attached hydrogens (tertiary/aromatic N) is 2. The molecule has 0 aromatic heterocycles. The van der Waals surface area contributed by atoms with E-state index in [0.29, 0.717) is 12.0 Å². The first kappa shape index (κ1) is 12.2. The van der Waals surface area contributed by atoms with Crippen LogP contribution in [0.25, 0.3) is 0 Å². The number of halogens is 1. The maximum absolute atomic E-state index is 4.54. The summed E-state index contributed by atoms with van der Waals surface area (Å²) >= 11 is 3.55. The fourth-order valence-corrected chi connectivity index (χ4v) is 3.32. The molecule has 1 aromatic carbocycles. The highest BCUT2D eigenvalue weighted by atomic mass is 79.9. The van der Waals surface area contributed by atoms with E-state index in [1.54, 1.807) is 0 Å². The van der Waals surface area contributed by atoms with Gasteiger partial charge in [-0.1, -0.05) is 35.0 Å². The summed E-state index contributed by atoms with van der Waals surface area (Å²) in [4.78, 5) is 2.52. The summed E-state index contributed by atoms with van der Waals surface area (Å²) in [5.74, 6) is 0.535. The van der Waals surface area contributed by atoms with Gasteiger partial charge in [-0.2, -0.15) is 5.10 Å². The highest BCUT2D eigenvalue weighted by Crippen LogP contribution is 2.33. The Bertz CT molecular complexity index is 472. The van der Waals surface area contributed by atoms with Crippen molar-refractivity contribution >= 4 is 21.6 Å². The molecule has 0 aliphatic carbocycles. The smallest absolute Gasteiger partial charge is 0.0783 e. The third-order valence-electron chi connectivity index (χ3n) is 3.97. The van der Waals surface area contributed by atoms with Crippen LogP contribution in [0.1, 0.15) is 24.9 Å². The maximum Gasteiger partial charge on any atom is 0.0783 e. The van der Waals surface area contributed by atoms with E-state index < -0.39 is 0 Å². The molecule has 0 amide bonds. The number of benzene rings is 1. The van der Waals surface area contributed by atoms with E-state index in [-0.39, 0.29) is 0 Å². The Balaban J connectivity index is 1.83. The predicted molar refractivity (Wildman–Crippen MR) is 77.7 cm³/mol. The van der Waals surface area contributed by atoms with E-state index in [1.165, 1.54) is 11.3 Å². The molecule has 4 heteroatoms. The highest BCUT2D eigenvalue weighted by molar-refractivity contribution is 9.10. The van der Waals surface area contributed by atoms with Gasteiger partial charge in [-0.15, -0.1) is 0 Å². The molecule has 18 heavy (non-hydrogen) atoms. The molecule has 3 rings (SSSR count). The fourth-order valence-electron chi connectivity index (χ4n) is 2.91. The second kappa shape index (κ2) is 5.02. The van der Waals surface area contributed by atoms with Gasteiger partial charge in [-0.05, 0) is 24.2 Å².